The van der Waals surface area contributed by atoms with Gasteiger partial charge in [0.2, 0.25) is 0 Å². The van der Waals surface area contributed by atoms with Crippen LogP contribution in [0.15, 0.2) is 42.5 Å². The van der Waals surface area contributed by atoms with Crippen LogP contribution in [0.25, 0.3) is 0 Å². The molecule has 1 aliphatic rings. The van der Waals surface area contributed by atoms with Crippen LogP contribution in [-0.2, 0) is 17.6 Å². The fourth-order valence-corrected chi connectivity index (χ4v) is 3.23. The first-order valence-electron chi connectivity index (χ1n) is 8.27. The third-order valence-electron chi connectivity index (χ3n) is 4.52. The number of methoxy groups -OCH3 is 2. The van der Waals surface area contributed by atoms with Crippen molar-refractivity contribution in [2.45, 2.75) is 25.3 Å². The standard InChI is InChI=1S/C20H23NO3/c1-23-18-12-15-10-11-21-20(16(15)13-19(18)24-2)17(22)9-8-14-6-4-3-5-7-14/h3-7,12-13,20-21H,8-11H2,1-2H3. The molecule has 0 radical (unpaired) electrons. The number of fused-ring (bicyclic) bond motifs is 1. The molecule has 24 heavy (non-hydrogen) atoms. The van der Waals surface area contributed by atoms with E-state index in [4.69, 9.17) is 9.47 Å². The van der Waals surface area contributed by atoms with Crippen molar-refractivity contribution in [3.05, 3.63) is 59.2 Å². The lowest BCUT2D eigenvalue weighted by molar-refractivity contribution is -0.121. The lowest BCUT2D eigenvalue weighted by Crippen LogP contribution is -2.35. The fraction of sp³-hybridized carbons (Fsp3) is 0.350. The first-order chi connectivity index (χ1) is 11.7. The highest BCUT2D eigenvalue weighted by molar-refractivity contribution is 5.86. The monoisotopic (exact) mass is 325 g/mol. The van der Waals surface area contributed by atoms with E-state index in [2.05, 4.69) is 17.4 Å². The highest BCUT2D eigenvalue weighted by Crippen LogP contribution is 2.35. The highest BCUT2D eigenvalue weighted by atomic mass is 16.5. The van der Waals surface area contributed by atoms with Crippen LogP contribution in [0.4, 0.5) is 0 Å². The number of carbonyl (C=O) groups excluding carboxylic acids is 1. The summed E-state index contributed by atoms with van der Waals surface area (Å²) in [6, 6.07) is 13.8. The molecule has 0 spiro atoms. The van der Waals surface area contributed by atoms with Crippen molar-refractivity contribution < 1.29 is 14.3 Å². The summed E-state index contributed by atoms with van der Waals surface area (Å²) in [5.41, 5.74) is 3.36. The Labute approximate surface area is 142 Å². The van der Waals surface area contributed by atoms with Gasteiger partial charge in [-0.25, -0.2) is 0 Å². The molecular formula is C20H23NO3. The average Bonchev–Trinajstić information content (AvgIpc) is 2.65. The van der Waals surface area contributed by atoms with Gasteiger partial charge < -0.3 is 14.8 Å². The molecule has 1 unspecified atom stereocenters. The Bertz CT molecular complexity index is 712. The van der Waals surface area contributed by atoms with Gasteiger partial charge in [0.15, 0.2) is 17.3 Å². The normalized spacial score (nSPS) is 16.3. The predicted molar refractivity (Wildman–Crippen MR) is 93.8 cm³/mol. The van der Waals surface area contributed by atoms with Crippen LogP contribution < -0.4 is 14.8 Å². The Balaban J connectivity index is 1.79. The van der Waals surface area contributed by atoms with E-state index in [1.807, 2.05) is 30.3 Å². The summed E-state index contributed by atoms with van der Waals surface area (Å²) < 4.78 is 10.8. The van der Waals surface area contributed by atoms with Crippen LogP contribution in [0.2, 0.25) is 0 Å². The number of rotatable bonds is 6. The van der Waals surface area contributed by atoms with Crippen molar-refractivity contribution in [2.75, 3.05) is 20.8 Å². The smallest absolute Gasteiger partial charge is 0.161 e. The van der Waals surface area contributed by atoms with Gasteiger partial charge in [-0.2, -0.15) is 0 Å². The predicted octanol–water partition coefficient (Wildman–Crippen LogP) is 3.09. The number of hydrogen-bond acceptors (Lipinski definition) is 4. The molecule has 2 aromatic rings. The third-order valence-corrected chi connectivity index (χ3v) is 4.52. The van der Waals surface area contributed by atoms with Crippen molar-refractivity contribution in [1.29, 1.82) is 0 Å². The second-order valence-electron chi connectivity index (χ2n) is 6.00. The molecule has 4 nitrogen and oxygen atoms in total. The van der Waals surface area contributed by atoms with Crippen LogP contribution in [-0.4, -0.2) is 26.5 Å². The molecule has 0 aromatic heterocycles. The van der Waals surface area contributed by atoms with Gasteiger partial charge in [0.25, 0.3) is 0 Å². The molecule has 1 atom stereocenters. The van der Waals surface area contributed by atoms with E-state index in [0.717, 1.165) is 30.5 Å². The summed E-state index contributed by atoms with van der Waals surface area (Å²) in [5, 5.41) is 3.35. The van der Waals surface area contributed by atoms with E-state index in [9.17, 15) is 4.79 Å². The van der Waals surface area contributed by atoms with Crippen molar-refractivity contribution in [1.82, 2.24) is 5.32 Å². The van der Waals surface area contributed by atoms with Crippen LogP contribution in [0, 0.1) is 0 Å². The highest BCUT2D eigenvalue weighted by Gasteiger charge is 2.27. The van der Waals surface area contributed by atoms with E-state index in [1.165, 1.54) is 5.56 Å². The van der Waals surface area contributed by atoms with Crippen LogP contribution in [0.5, 0.6) is 11.5 Å². The summed E-state index contributed by atoms with van der Waals surface area (Å²) in [4.78, 5) is 12.8. The molecule has 126 valence electrons. The summed E-state index contributed by atoms with van der Waals surface area (Å²) in [7, 11) is 3.25. The Hall–Kier alpha value is -2.33. The van der Waals surface area contributed by atoms with E-state index in [0.29, 0.717) is 17.9 Å². The Kier molecular flexibility index (Phi) is 5.16. The average molecular weight is 325 g/mol. The second-order valence-corrected chi connectivity index (χ2v) is 6.00. The largest absolute Gasteiger partial charge is 0.493 e. The molecule has 0 aliphatic carbocycles. The van der Waals surface area contributed by atoms with E-state index < -0.39 is 0 Å². The zero-order chi connectivity index (χ0) is 16.9. The van der Waals surface area contributed by atoms with Gasteiger partial charge in [0.1, 0.15) is 0 Å². The van der Waals surface area contributed by atoms with Gasteiger partial charge in [-0.15, -0.1) is 0 Å². The zero-order valence-electron chi connectivity index (χ0n) is 14.2. The van der Waals surface area contributed by atoms with Crippen molar-refractivity contribution in [2.24, 2.45) is 0 Å². The van der Waals surface area contributed by atoms with Gasteiger partial charge >= 0.3 is 0 Å². The minimum atomic E-state index is -0.266. The summed E-state index contributed by atoms with van der Waals surface area (Å²) >= 11 is 0. The van der Waals surface area contributed by atoms with Crippen molar-refractivity contribution in [3.63, 3.8) is 0 Å². The maximum atomic E-state index is 12.8. The van der Waals surface area contributed by atoms with Gasteiger partial charge in [-0.3, -0.25) is 4.79 Å². The van der Waals surface area contributed by atoms with E-state index >= 15 is 0 Å². The molecule has 0 saturated heterocycles. The Morgan fingerprint density at radius 2 is 1.83 bits per heavy atom. The molecule has 3 rings (SSSR count). The minimum absolute atomic E-state index is 0.215. The summed E-state index contributed by atoms with van der Waals surface area (Å²) in [5.74, 6) is 1.60. The lowest BCUT2D eigenvalue weighted by atomic mass is 9.89. The number of benzene rings is 2. The maximum Gasteiger partial charge on any atom is 0.161 e. The number of aryl methyl sites for hydroxylation is 1. The Morgan fingerprint density at radius 1 is 1.12 bits per heavy atom. The lowest BCUT2D eigenvalue weighted by Gasteiger charge is -2.27. The molecule has 0 amide bonds. The maximum absolute atomic E-state index is 12.8. The molecule has 0 saturated carbocycles. The number of nitrogens with one attached hydrogen (secondary N) is 1. The zero-order valence-corrected chi connectivity index (χ0v) is 14.2. The quantitative estimate of drug-likeness (QED) is 0.886. The fourth-order valence-electron chi connectivity index (χ4n) is 3.23. The van der Waals surface area contributed by atoms with Crippen LogP contribution in [0.1, 0.15) is 29.2 Å². The van der Waals surface area contributed by atoms with Crippen molar-refractivity contribution >= 4 is 5.78 Å². The van der Waals surface area contributed by atoms with Gasteiger partial charge in [-0.1, -0.05) is 30.3 Å². The second kappa shape index (κ2) is 7.49. The van der Waals surface area contributed by atoms with E-state index in [1.54, 1.807) is 14.2 Å². The number of hydrogen-bond donors (Lipinski definition) is 1. The number of ether oxygens (including phenoxy) is 2. The molecule has 0 bridgehead atoms. The molecule has 1 aliphatic heterocycles. The third kappa shape index (κ3) is 3.44. The first kappa shape index (κ1) is 16.5. The Morgan fingerprint density at radius 3 is 2.54 bits per heavy atom. The number of carbonyl (C=O) groups is 1. The SMILES string of the molecule is COc1cc2c(cc1OC)C(C(=O)CCc1ccccc1)NCC2. The molecule has 1 N–H and O–H groups in total. The number of Topliss-reactive ketones (excluding diaryl/α,β-unsaturated/α-hetero) is 1. The van der Waals surface area contributed by atoms with Crippen LogP contribution in [0.3, 0.4) is 0 Å². The molecule has 1 heterocycles. The van der Waals surface area contributed by atoms with Gasteiger partial charge in [0, 0.05) is 13.0 Å². The molecular weight excluding hydrogens is 302 g/mol. The van der Waals surface area contributed by atoms with Gasteiger partial charge in [-0.05, 0) is 41.7 Å². The molecule has 4 heteroatoms. The first-order valence-corrected chi connectivity index (χ1v) is 8.27. The number of ketones is 1. The van der Waals surface area contributed by atoms with Crippen LogP contribution >= 0.6 is 0 Å². The minimum Gasteiger partial charge on any atom is -0.493 e. The topological polar surface area (TPSA) is 47.6 Å². The van der Waals surface area contributed by atoms with E-state index in [-0.39, 0.29) is 11.8 Å². The van der Waals surface area contributed by atoms with Crippen molar-refractivity contribution in [3.8, 4) is 11.5 Å². The molecule has 0 fully saturated rings. The molecule has 2 aromatic carbocycles. The summed E-state index contributed by atoms with van der Waals surface area (Å²) in [6.45, 7) is 0.796. The van der Waals surface area contributed by atoms with Gasteiger partial charge in [0.05, 0.1) is 20.3 Å². The summed E-state index contributed by atoms with van der Waals surface area (Å²) in [6.07, 6.45) is 2.17.